The second-order valence-electron chi connectivity index (χ2n) is 7.74. The van der Waals surface area contributed by atoms with E-state index in [9.17, 15) is 0 Å². The molecule has 5 heteroatoms. The molecule has 1 N–H and O–H groups in total. The van der Waals surface area contributed by atoms with Crippen molar-refractivity contribution in [3.8, 4) is 0 Å². The van der Waals surface area contributed by atoms with Gasteiger partial charge in [0.2, 0.25) is 0 Å². The zero-order chi connectivity index (χ0) is 18.9. The van der Waals surface area contributed by atoms with E-state index in [1.807, 2.05) is 7.05 Å². The van der Waals surface area contributed by atoms with Gasteiger partial charge in [-0.3, -0.25) is 4.99 Å². The molecule has 0 spiro atoms. The number of aliphatic imine (C=N–C) groups is 1. The lowest BCUT2D eigenvalue weighted by Gasteiger charge is -2.39. The van der Waals surface area contributed by atoms with E-state index in [4.69, 9.17) is 9.47 Å². The Morgan fingerprint density at radius 3 is 2.70 bits per heavy atom. The quantitative estimate of drug-likeness (QED) is 0.472. The maximum absolute atomic E-state index is 5.95. The molecule has 2 aliphatic heterocycles. The summed E-state index contributed by atoms with van der Waals surface area (Å²) >= 11 is 0. The van der Waals surface area contributed by atoms with Crippen LogP contribution in [0.3, 0.4) is 0 Å². The summed E-state index contributed by atoms with van der Waals surface area (Å²) in [6.07, 6.45) is 4.63. The highest BCUT2D eigenvalue weighted by Crippen LogP contribution is 2.32. The van der Waals surface area contributed by atoms with Crippen LogP contribution >= 0.6 is 0 Å². The topological polar surface area (TPSA) is 46.1 Å². The second kappa shape index (κ2) is 10.7. The van der Waals surface area contributed by atoms with Crippen LogP contribution in [0.15, 0.2) is 35.3 Å². The maximum atomic E-state index is 5.95. The summed E-state index contributed by atoms with van der Waals surface area (Å²) in [6.45, 7) is 7.86. The van der Waals surface area contributed by atoms with Gasteiger partial charge in [-0.25, -0.2) is 0 Å². The molecule has 5 nitrogen and oxygen atoms in total. The minimum atomic E-state index is 0.385. The Morgan fingerprint density at radius 1 is 1.22 bits per heavy atom. The average molecular weight is 374 g/mol. The summed E-state index contributed by atoms with van der Waals surface area (Å²) in [5.74, 6) is 2.30. The molecular weight excluding hydrogens is 338 g/mol. The van der Waals surface area contributed by atoms with E-state index in [0.29, 0.717) is 17.9 Å². The Morgan fingerprint density at radius 2 is 2.00 bits per heavy atom. The van der Waals surface area contributed by atoms with Crippen LogP contribution in [0.4, 0.5) is 0 Å². The molecule has 1 aromatic carbocycles. The summed E-state index contributed by atoms with van der Waals surface area (Å²) in [6, 6.07) is 10.9. The van der Waals surface area contributed by atoms with Crippen molar-refractivity contribution in [1.29, 1.82) is 0 Å². The van der Waals surface area contributed by atoms with E-state index in [2.05, 4.69) is 52.5 Å². The van der Waals surface area contributed by atoms with Crippen molar-refractivity contribution in [3.63, 3.8) is 0 Å². The molecule has 27 heavy (non-hydrogen) atoms. The van der Waals surface area contributed by atoms with Crippen molar-refractivity contribution in [1.82, 2.24) is 10.2 Å². The van der Waals surface area contributed by atoms with Crippen LogP contribution in [0.5, 0.6) is 0 Å². The van der Waals surface area contributed by atoms with Gasteiger partial charge in [-0.15, -0.1) is 0 Å². The number of guanidine groups is 1. The van der Waals surface area contributed by atoms with Crippen LogP contribution < -0.4 is 5.32 Å². The maximum Gasteiger partial charge on any atom is 0.193 e. The molecule has 0 amide bonds. The summed E-state index contributed by atoms with van der Waals surface area (Å²) in [5, 5.41) is 3.52. The predicted molar refractivity (Wildman–Crippen MR) is 110 cm³/mol. The van der Waals surface area contributed by atoms with Gasteiger partial charge in [0.05, 0.1) is 6.10 Å². The molecule has 0 radical (unpaired) electrons. The minimum Gasteiger partial charge on any atom is -0.381 e. The third-order valence-electron chi connectivity index (χ3n) is 5.77. The molecule has 150 valence electrons. The summed E-state index contributed by atoms with van der Waals surface area (Å²) < 4.78 is 11.3. The molecule has 2 aliphatic rings. The van der Waals surface area contributed by atoms with Gasteiger partial charge in [0.15, 0.2) is 5.96 Å². The lowest BCUT2D eigenvalue weighted by molar-refractivity contribution is -0.0320. The Bertz CT molecular complexity index is 572. The normalized spacial score (nSPS) is 24.8. The predicted octanol–water partition coefficient (Wildman–Crippen LogP) is 3.27. The molecule has 3 rings (SSSR count). The number of nitrogens with zero attached hydrogens (tertiary/aromatic N) is 2. The Balaban J connectivity index is 1.38. The van der Waals surface area contributed by atoms with E-state index < -0.39 is 0 Å². The van der Waals surface area contributed by atoms with Crippen molar-refractivity contribution in [2.45, 2.75) is 44.6 Å². The molecule has 2 heterocycles. The SMILES string of the molecule is CN=C(NCCCOC1CCOCC1)N1CCC(c2ccccc2)C(C)C1. The number of benzene rings is 1. The fourth-order valence-electron chi connectivity index (χ4n) is 4.23. The highest BCUT2D eigenvalue weighted by Gasteiger charge is 2.28. The van der Waals surface area contributed by atoms with Crippen LogP contribution in [0, 0.1) is 5.92 Å². The van der Waals surface area contributed by atoms with Gasteiger partial charge in [0.1, 0.15) is 0 Å². The van der Waals surface area contributed by atoms with Crippen molar-refractivity contribution < 1.29 is 9.47 Å². The third-order valence-corrected chi connectivity index (χ3v) is 5.77. The number of hydrogen-bond donors (Lipinski definition) is 1. The first kappa shape index (κ1) is 20.2. The molecular formula is C22H35N3O2. The third kappa shape index (κ3) is 5.94. The summed E-state index contributed by atoms with van der Waals surface area (Å²) in [7, 11) is 1.88. The van der Waals surface area contributed by atoms with Crippen molar-refractivity contribution in [2.75, 3.05) is 46.5 Å². The van der Waals surface area contributed by atoms with Gasteiger partial charge < -0.3 is 19.7 Å². The van der Waals surface area contributed by atoms with Crippen LogP contribution in [-0.4, -0.2) is 63.5 Å². The smallest absolute Gasteiger partial charge is 0.193 e. The monoisotopic (exact) mass is 373 g/mol. The van der Waals surface area contributed by atoms with Gasteiger partial charge >= 0.3 is 0 Å². The summed E-state index contributed by atoms with van der Waals surface area (Å²) in [5.41, 5.74) is 1.47. The van der Waals surface area contributed by atoms with Crippen LogP contribution in [0.1, 0.15) is 44.1 Å². The molecule has 0 saturated carbocycles. The fourth-order valence-corrected chi connectivity index (χ4v) is 4.23. The first-order valence-electron chi connectivity index (χ1n) is 10.5. The first-order valence-corrected chi connectivity index (χ1v) is 10.5. The number of likely N-dealkylation sites (tertiary alicyclic amines) is 1. The zero-order valence-electron chi connectivity index (χ0n) is 16.9. The molecule has 2 saturated heterocycles. The number of ether oxygens (including phenoxy) is 2. The van der Waals surface area contributed by atoms with Gasteiger partial charge in [-0.2, -0.15) is 0 Å². The van der Waals surface area contributed by atoms with Crippen molar-refractivity contribution in [2.24, 2.45) is 10.9 Å². The molecule has 2 atom stereocenters. The van der Waals surface area contributed by atoms with Gasteiger partial charge in [0, 0.05) is 46.5 Å². The number of nitrogens with one attached hydrogen (secondary N) is 1. The van der Waals surface area contributed by atoms with Gasteiger partial charge in [0.25, 0.3) is 0 Å². The number of rotatable bonds is 6. The molecule has 1 aromatic rings. The molecule has 0 bridgehead atoms. The van der Waals surface area contributed by atoms with E-state index >= 15 is 0 Å². The Kier molecular flexibility index (Phi) is 7.96. The van der Waals surface area contributed by atoms with Crippen LogP contribution in [0.25, 0.3) is 0 Å². The minimum absolute atomic E-state index is 0.385. The Hall–Kier alpha value is -1.59. The second-order valence-corrected chi connectivity index (χ2v) is 7.74. The molecule has 2 fully saturated rings. The van der Waals surface area contributed by atoms with Crippen molar-refractivity contribution in [3.05, 3.63) is 35.9 Å². The largest absolute Gasteiger partial charge is 0.381 e. The standard InChI is InChI=1S/C22H35N3O2/c1-18-17-25(13-9-21(18)19-7-4-3-5-8-19)22(23-2)24-12-6-14-27-20-10-15-26-16-11-20/h3-5,7-8,18,20-21H,6,9-17H2,1-2H3,(H,23,24). The number of hydrogen-bond acceptors (Lipinski definition) is 3. The van der Waals surface area contributed by atoms with E-state index in [0.717, 1.165) is 64.7 Å². The average Bonchev–Trinajstić information content (AvgIpc) is 2.72. The number of piperidine rings is 1. The van der Waals surface area contributed by atoms with Crippen LogP contribution in [-0.2, 0) is 9.47 Å². The highest BCUT2D eigenvalue weighted by atomic mass is 16.5. The lowest BCUT2D eigenvalue weighted by atomic mass is 9.82. The van der Waals surface area contributed by atoms with Crippen LogP contribution in [0.2, 0.25) is 0 Å². The highest BCUT2D eigenvalue weighted by molar-refractivity contribution is 5.80. The molecule has 0 aromatic heterocycles. The molecule has 2 unspecified atom stereocenters. The first-order chi connectivity index (χ1) is 13.3. The van der Waals surface area contributed by atoms with Crippen molar-refractivity contribution >= 4 is 5.96 Å². The Labute approximate surface area is 164 Å². The van der Waals surface area contributed by atoms with E-state index in [-0.39, 0.29) is 0 Å². The van der Waals surface area contributed by atoms with E-state index in [1.54, 1.807) is 0 Å². The van der Waals surface area contributed by atoms with Gasteiger partial charge in [-0.1, -0.05) is 37.3 Å². The van der Waals surface area contributed by atoms with Gasteiger partial charge in [-0.05, 0) is 43.1 Å². The summed E-state index contributed by atoms with van der Waals surface area (Å²) in [4.78, 5) is 6.91. The zero-order valence-corrected chi connectivity index (χ0v) is 16.9. The fraction of sp³-hybridized carbons (Fsp3) is 0.682. The molecule has 0 aliphatic carbocycles. The lowest BCUT2D eigenvalue weighted by Crippen LogP contribution is -2.48. The van der Waals surface area contributed by atoms with E-state index in [1.165, 1.54) is 12.0 Å².